The summed E-state index contributed by atoms with van der Waals surface area (Å²) in [7, 11) is 0. The normalized spacial score (nSPS) is 11.4. The largest absolute Gasteiger partial charge is 0.389 e. The van der Waals surface area contributed by atoms with Gasteiger partial charge in [0.1, 0.15) is 0 Å². The van der Waals surface area contributed by atoms with Crippen molar-refractivity contribution in [1.29, 1.82) is 0 Å². The Morgan fingerprint density at radius 2 is 2.19 bits per heavy atom. The van der Waals surface area contributed by atoms with Crippen molar-refractivity contribution in [2.24, 2.45) is 0 Å². The first-order valence-electron chi connectivity index (χ1n) is 4.70. The smallest absolute Gasteiger partial charge is 0.351 e. The number of aromatic nitrogens is 3. The molecule has 0 bridgehead atoms. The number of rotatable bonds is 5. The summed E-state index contributed by atoms with van der Waals surface area (Å²) in [5, 5.41) is 11.7. The standard InChI is InChI=1S/C8H11F3N4O/c9-8(10,11)3-1-2-4-12-7(16)6-5-13-15-14-6/h5H,1-4H2,(H,12,16)(H,13,14,15). The molecule has 90 valence electrons. The van der Waals surface area contributed by atoms with Crippen LogP contribution in [0.3, 0.4) is 0 Å². The highest BCUT2D eigenvalue weighted by Gasteiger charge is 2.25. The van der Waals surface area contributed by atoms with Crippen molar-refractivity contribution < 1.29 is 18.0 Å². The van der Waals surface area contributed by atoms with Crippen LogP contribution >= 0.6 is 0 Å². The quantitative estimate of drug-likeness (QED) is 0.756. The first kappa shape index (κ1) is 12.5. The number of alkyl halides is 3. The van der Waals surface area contributed by atoms with Crippen LogP contribution in [0.25, 0.3) is 0 Å². The second-order valence-corrected chi connectivity index (χ2v) is 3.18. The van der Waals surface area contributed by atoms with Gasteiger partial charge in [-0.2, -0.15) is 28.6 Å². The van der Waals surface area contributed by atoms with Crippen LogP contribution in [0.4, 0.5) is 13.2 Å². The average Bonchev–Trinajstić information content (AvgIpc) is 2.67. The molecule has 0 aliphatic heterocycles. The molecule has 0 fully saturated rings. The number of hydrogen-bond donors (Lipinski definition) is 2. The summed E-state index contributed by atoms with van der Waals surface area (Å²) in [6.45, 7) is 0.196. The van der Waals surface area contributed by atoms with E-state index in [4.69, 9.17) is 0 Å². The molecule has 0 aliphatic rings. The molecule has 0 atom stereocenters. The van der Waals surface area contributed by atoms with Crippen molar-refractivity contribution in [3.8, 4) is 0 Å². The molecule has 1 aromatic heterocycles. The summed E-state index contributed by atoms with van der Waals surface area (Å²) in [5.41, 5.74) is 0.121. The van der Waals surface area contributed by atoms with Crippen molar-refractivity contribution in [3.63, 3.8) is 0 Å². The van der Waals surface area contributed by atoms with Crippen LogP contribution in [0.1, 0.15) is 29.8 Å². The van der Waals surface area contributed by atoms with E-state index in [1.54, 1.807) is 0 Å². The van der Waals surface area contributed by atoms with Crippen molar-refractivity contribution >= 4 is 5.91 Å². The van der Waals surface area contributed by atoms with Gasteiger partial charge in [0, 0.05) is 13.0 Å². The molecule has 2 N–H and O–H groups in total. The molecule has 0 spiro atoms. The van der Waals surface area contributed by atoms with Crippen LogP contribution in [0, 0.1) is 0 Å². The van der Waals surface area contributed by atoms with Crippen molar-refractivity contribution in [3.05, 3.63) is 11.9 Å². The number of H-pyrrole nitrogens is 1. The molecule has 8 heteroatoms. The Kier molecular flexibility index (Phi) is 4.27. The van der Waals surface area contributed by atoms with Crippen LogP contribution < -0.4 is 5.32 Å². The third-order valence-electron chi connectivity index (χ3n) is 1.82. The number of nitrogens with one attached hydrogen (secondary N) is 2. The Hall–Kier alpha value is -1.60. The Bertz CT molecular complexity index is 323. The molecular formula is C8H11F3N4O. The van der Waals surface area contributed by atoms with Gasteiger partial charge in [-0.1, -0.05) is 0 Å². The fourth-order valence-electron chi connectivity index (χ4n) is 1.05. The van der Waals surface area contributed by atoms with Gasteiger partial charge in [-0.05, 0) is 12.8 Å². The number of halogens is 3. The third kappa shape index (κ3) is 4.76. The van der Waals surface area contributed by atoms with E-state index < -0.39 is 18.5 Å². The van der Waals surface area contributed by atoms with Crippen molar-refractivity contribution in [2.45, 2.75) is 25.4 Å². The fraction of sp³-hybridized carbons (Fsp3) is 0.625. The van der Waals surface area contributed by atoms with E-state index in [9.17, 15) is 18.0 Å². The minimum atomic E-state index is -4.13. The summed E-state index contributed by atoms with van der Waals surface area (Å²) in [5.74, 6) is -0.444. The molecule has 0 aromatic carbocycles. The highest BCUT2D eigenvalue weighted by atomic mass is 19.4. The predicted molar refractivity (Wildman–Crippen MR) is 48.6 cm³/mol. The Labute approximate surface area is 89.4 Å². The van der Waals surface area contributed by atoms with E-state index in [-0.39, 0.29) is 25.1 Å². The third-order valence-corrected chi connectivity index (χ3v) is 1.82. The Morgan fingerprint density at radius 3 is 2.75 bits per heavy atom. The van der Waals surface area contributed by atoms with Crippen molar-refractivity contribution in [1.82, 2.24) is 20.7 Å². The molecule has 1 aromatic rings. The topological polar surface area (TPSA) is 70.7 Å². The van der Waals surface area contributed by atoms with E-state index in [2.05, 4.69) is 20.7 Å². The fourth-order valence-corrected chi connectivity index (χ4v) is 1.05. The summed E-state index contributed by atoms with van der Waals surface area (Å²) in [6, 6.07) is 0. The second-order valence-electron chi connectivity index (χ2n) is 3.18. The minimum absolute atomic E-state index is 0.00257. The average molecular weight is 236 g/mol. The highest BCUT2D eigenvalue weighted by Crippen LogP contribution is 2.21. The highest BCUT2D eigenvalue weighted by molar-refractivity contribution is 5.91. The van der Waals surface area contributed by atoms with Gasteiger partial charge < -0.3 is 5.32 Å². The second kappa shape index (κ2) is 5.47. The van der Waals surface area contributed by atoms with Gasteiger partial charge in [0.2, 0.25) is 0 Å². The first-order chi connectivity index (χ1) is 7.49. The van der Waals surface area contributed by atoms with Crippen LogP contribution in [0.5, 0.6) is 0 Å². The van der Waals surface area contributed by atoms with Gasteiger partial charge in [-0.3, -0.25) is 4.79 Å². The number of aromatic amines is 1. The van der Waals surface area contributed by atoms with Gasteiger partial charge >= 0.3 is 6.18 Å². The molecule has 0 aliphatic carbocycles. The molecule has 16 heavy (non-hydrogen) atoms. The van der Waals surface area contributed by atoms with E-state index >= 15 is 0 Å². The summed E-state index contributed by atoms with van der Waals surface area (Å²) in [4.78, 5) is 11.2. The molecule has 1 rings (SSSR count). The Morgan fingerprint density at radius 1 is 1.44 bits per heavy atom. The summed E-state index contributed by atoms with van der Waals surface area (Å²) >= 11 is 0. The summed E-state index contributed by atoms with van der Waals surface area (Å²) < 4.78 is 35.3. The number of carbonyl (C=O) groups excluding carboxylic acids is 1. The van der Waals surface area contributed by atoms with Crippen LogP contribution in [0.15, 0.2) is 6.20 Å². The van der Waals surface area contributed by atoms with E-state index in [0.717, 1.165) is 0 Å². The monoisotopic (exact) mass is 236 g/mol. The van der Waals surface area contributed by atoms with Gasteiger partial charge in [0.05, 0.1) is 6.20 Å². The SMILES string of the molecule is O=C(NCCCCC(F)(F)F)c1cn[nH]n1. The van der Waals surface area contributed by atoms with E-state index in [1.807, 2.05) is 0 Å². The molecule has 0 saturated heterocycles. The maximum Gasteiger partial charge on any atom is 0.389 e. The van der Waals surface area contributed by atoms with Gasteiger partial charge in [-0.25, -0.2) is 0 Å². The van der Waals surface area contributed by atoms with E-state index in [0.29, 0.717) is 0 Å². The number of unbranched alkanes of at least 4 members (excludes halogenated alkanes) is 1. The summed E-state index contributed by atoms with van der Waals surface area (Å²) in [6.07, 6.45) is -3.43. The van der Waals surface area contributed by atoms with Crippen LogP contribution in [-0.4, -0.2) is 34.0 Å². The molecule has 5 nitrogen and oxygen atoms in total. The predicted octanol–water partition coefficient (Wildman–Crippen LogP) is 1.27. The molecule has 1 heterocycles. The molecular weight excluding hydrogens is 225 g/mol. The molecule has 1 amide bonds. The van der Waals surface area contributed by atoms with Crippen LogP contribution in [0.2, 0.25) is 0 Å². The van der Waals surface area contributed by atoms with Gasteiger partial charge in [0.25, 0.3) is 5.91 Å². The van der Waals surface area contributed by atoms with Crippen LogP contribution in [-0.2, 0) is 0 Å². The first-order valence-corrected chi connectivity index (χ1v) is 4.70. The number of hydrogen-bond acceptors (Lipinski definition) is 3. The zero-order chi connectivity index (χ0) is 12.0. The Balaban J connectivity index is 2.10. The maximum atomic E-state index is 11.8. The number of nitrogens with zero attached hydrogens (tertiary/aromatic N) is 2. The van der Waals surface area contributed by atoms with Gasteiger partial charge in [0.15, 0.2) is 5.69 Å². The lowest BCUT2D eigenvalue weighted by molar-refractivity contribution is -0.135. The van der Waals surface area contributed by atoms with Gasteiger partial charge in [-0.15, -0.1) is 0 Å². The lowest BCUT2D eigenvalue weighted by Gasteiger charge is -2.06. The van der Waals surface area contributed by atoms with Crippen molar-refractivity contribution in [2.75, 3.05) is 6.54 Å². The molecule has 0 radical (unpaired) electrons. The lowest BCUT2D eigenvalue weighted by Crippen LogP contribution is -2.25. The number of carbonyl (C=O) groups is 1. The maximum absolute atomic E-state index is 11.8. The molecule has 0 unspecified atom stereocenters. The van der Waals surface area contributed by atoms with E-state index in [1.165, 1.54) is 6.20 Å². The zero-order valence-electron chi connectivity index (χ0n) is 8.34. The minimum Gasteiger partial charge on any atom is -0.351 e. The lowest BCUT2D eigenvalue weighted by atomic mass is 10.2. The number of amides is 1. The molecule has 0 saturated carbocycles. The zero-order valence-corrected chi connectivity index (χ0v) is 8.34.